The third-order valence-corrected chi connectivity index (χ3v) is 7.55. The van der Waals surface area contributed by atoms with Gasteiger partial charge in [-0.1, -0.05) is 13.8 Å². The minimum absolute atomic E-state index is 0.0468. The van der Waals surface area contributed by atoms with Gasteiger partial charge >= 0.3 is 0 Å². The summed E-state index contributed by atoms with van der Waals surface area (Å²) in [6.45, 7) is 10.2. The van der Waals surface area contributed by atoms with Crippen LogP contribution in [0, 0.1) is 0 Å². The molecular formula is C27H28N4O4S. The molecule has 8 nitrogen and oxygen atoms in total. The van der Waals surface area contributed by atoms with Gasteiger partial charge in [-0.2, -0.15) is 0 Å². The first-order valence-electron chi connectivity index (χ1n) is 11.9. The molecule has 0 saturated heterocycles. The number of anilines is 1. The number of pyridine rings is 1. The SMILES string of the molecule is CC(=O)c1ccc(NC(=O)Cn2cnc3c(sc4nc(C(C)C)c5c(c43)CC(C)(C)OC5)c2=O)cc1. The lowest BCUT2D eigenvalue weighted by molar-refractivity contribution is -0.116. The molecule has 0 fully saturated rings. The molecule has 0 bridgehead atoms. The Labute approximate surface area is 212 Å². The Hall–Kier alpha value is -3.43. The molecule has 3 aromatic heterocycles. The van der Waals surface area contributed by atoms with Crippen molar-refractivity contribution in [2.45, 2.75) is 65.7 Å². The molecule has 1 aromatic carbocycles. The second-order valence-electron chi connectivity index (χ2n) is 10.2. The Kier molecular flexibility index (Phi) is 6.00. The minimum Gasteiger partial charge on any atom is -0.370 e. The summed E-state index contributed by atoms with van der Waals surface area (Å²) in [5.41, 5.74) is 4.41. The summed E-state index contributed by atoms with van der Waals surface area (Å²) in [4.78, 5) is 47.8. The van der Waals surface area contributed by atoms with Gasteiger partial charge in [0.25, 0.3) is 5.56 Å². The number of aromatic nitrogens is 3. The van der Waals surface area contributed by atoms with Crippen LogP contribution in [0.15, 0.2) is 35.4 Å². The molecule has 36 heavy (non-hydrogen) atoms. The van der Waals surface area contributed by atoms with E-state index in [0.29, 0.717) is 34.5 Å². The van der Waals surface area contributed by atoms with Crippen molar-refractivity contribution in [3.8, 4) is 0 Å². The van der Waals surface area contributed by atoms with Crippen LogP contribution >= 0.6 is 11.3 Å². The van der Waals surface area contributed by atoms with Crippen LogP contribution in [0.1, 0.15) is 67.7 Å². The zero-order valence-electron chi connectivity index (χ0n) is 21.0. The predicted molar refractivity (Wildman–Crippen MR) is 141 cm³/mol. The molecule has 0 saturated carbocycles. The highest BCUT2D eigenvalue weighted by Crippen LogP contribution is 2.41. The molecule has 0 spiro atoms. The monoisotopic (exact) mass is 504 g/mol. The number of carbonyl (C=O) groups excluding carboxylic acids is 2. The lowest BCUT2D eigenvalue weighted by Gasteiger charge is -2.33. The average Bonchev–Trinajstić information content (AvgIpc) is 3.19. The van der Waals surface area contributed by atoms with E-state index in [1.807, 2.05) is 0 Å². The van der Waals surface area contributed by atoms with Crippen molar-refractivity contribution in [1.82, 2.24) is 14.5 Å². The van der Waals surface area contributed by atoms with E-state index >= 15 is 0 Å². The fraction of sp³-hybridized carbons (Fsp3) is 0.370. The number of carbonyl (C=O) groups is 2. The number of hydrogen-bond acceptors (Lipinski definition) is 7. The second-order valence-corrected chi connectivity index (χ2v) is 11.2. The fourth-order valence-corrected chi connectivity index (χ4v) is 5.77. The number of nitrogens with one attached hydrogen (secondary N) is 1. The van der Waals surface area contributed by atoms with Gasteiger partial charge in [0.15, 0.2) is 5.78 Å². The van der Waals surface area contributed by atoms with Gasteiger partial charge in [-0.15, -0.1) is 11.3 Å². The predicted octanol–water partition coefficient (Wildman–Crippen LogP) is 4.82. The Morgan fingerprint density at radius 3 is 2.58 bits per heavy atom. The van der Waals surface area contributed by atoms with E-state index < -0.39 is 0 Å². The summed E-state index contributed by atoms with van der Waals surface area (Å²) >= 11 is 1.33. The highest BCUT2D eigenvalue weighted by Gasteiger charge is 2.32. The molecule has 4 aromatic rings. The number of fused-ring (bicyclic) bond motifs is 5. The Bertz CT molecular complexity index is 1580. The molecule has 1 aliphatic heterocycles. The van der Waals surface area contributed by atoms with Gasteiger partial charge in [0.2, 0.25) is 5.91 Å². The van der Waals surface area contributed by atoms with Crippen LogP contribution in [0.5, 0.6) is 0 Å². The van der Waals surface area contributed by atoms with Crippen LogP contribution in [-0.4, -0.2) is 31.8 Å². The van der Waals surface area contributed by atoms with E-state index in [9.17, 15) is 14.4 Å². The maximum absolute atomic E-state index is 13.4. The third kappa shape index (κ3) is 4.33. The zero-order chi connectivity index (χ0) is 25.8. The first-order chi connectivity index (χ1) is 17.0. The molecule has 9 heteroatoms. The molecular weight excluding hydrogens is 476 g/mol. The van der Waals surface area contributed by atoms with Gasteiger partial charge in [0, 0.05) is 28.6 Å². The summed E-state index contributed by atoms with van der Waals surface area (Å²) in [6.07, 6.45) is 2.14. The number of ether oxygens (including phenoxy) is 1. The van der Waals surface area contributed by atoms with Crippen molar-refractivity contribution < 1.29 is 14.3 Å². The van der Waals surface area contributed by atoms with E-state index in [2.05, 4.69) is 38.0 Å². The van der Waals surface area contributed by atoms with Crippen LogP contribution < -0.4 is 10.9 Å². The van der Waals surface area contributed by atoms with E-state index in [-0.39, 0.29) is 35.3 Å². The highest BCUT2D eigenvalue weighted by molar-refractivity contribution is 7.25. The molecule has 0 aliphatic carbocycles. The first-order valence-corrected chi connectivity index (χ1v) is 12.7. The van der Waals surface area contributed by atoms with E-state index in [1.54, 1.807) is 24.3 Å². The van der Waals surface area contributed by atoms with Crippen LogP contribution in [-0.2, 0) is 29.1 Å². The summed E-state index contributed by atoms with van der Waals surface area (Å²) < 4.78 is 7.90. The number of benzene rings is 1. The Balaban J connectivity index is 1.52. The average molecular weight is 505 g/mol. The Morgan fingerprint density at radius 2 is 1.92 bits per heavy atom. The molecule has 1 aliphatic rings. The number of hydrogen-bond donors (Lipinski definition) is 1. The van der Waals surface area contributed by atoms with Crippen molar-refractivity contribution in [1.29, 1.82) is 0 Å². The maximum atomic E-state index is 13.4. The molecule has 4 heterocycles. The van der Waals surface area contributed by atoms with Gasteiger partial charge in [-0.3, -0.25) is 19.0 Å². The normalized spacial score (nSPS) is 14.8. The van der Waals surface area contributed by atoms with Crippen molar-refractivity contribution in [2.75, 3.05) is 5.32 Å². The maximum Gasteiger partial charge on any atom is 0.271 e. The third-order valence-electron chi connectivity index (χ3n) is 6.49. The van der Waals surface area contributed by atoms with Crippen LogP contribution in [0.3, 0.4) is 0 Å². The van der Waals surface area contributed by atoms with Gasteiger partial charge in [-0.05, 0) is 56.5 Å². The summed E-state index contributed by atoms with van der Waals surface area (Å²) in [5, 5.41) is 3.69. The zero-order valence-corrected chi connectivity index (χ0v) is 21.8. The van der Waals surface area contributed by atoms with Crippen molar-refractivity contribution >= 4 is 49.1 Å². The smallest absolute Gasteiger partial charge is 0.271 e. The van der Waals surface area contributed by atoms with Crippen LogP contribution in [0.4, 0.5) is 5.69 Å². The number of ketones is 1. The molecule has 5 rings (SSSR count). The molecule has 0 unspecified atom stereocenters. The van der Waals surface area contributed by atoms with Gasteiger partial charge < -0.3 is 10.1 Å². The van der Waals surface area contributed by atoms with Crippen molar-refractivity contribution in [3.63, 3.8) is 0 Å². The first kappa shape index (κ1) is 24.3. The van der Waals surface area contributed by atoms with Gasteiger partial charge in [0.05, 0.1) is 29.7 Å². The lowest BCUT2D eigenvalue weighted by atomic mass is 9.87. The number of amides is 1. The molecule has 0 radical (unpaired) electrons. The molecule has 1 N–H and O–H groups in total. The summed E-state index contributed by atoms with van der Waals surface area (Å²) in [5.74, 6) is -0.183. The van der Waals surface area contributed by atoms with Gasteiger partial charge in [-0.25, -0.2) is 9.97 Å². The summed E-state index contributed by atoms with van der Waals surface area (Å²) in [7, 11) is 0. The number of nitrogens with zero attached hydrogens (tertiary/aromatic N) is 3. The van der Waals surface area contributed by atoms with Gasteiger partial charge in [0.1, 0.15) is 16.1 Å². The largest absolute Gasteiger partial charge is 0.370 e. The standard InChI is InChI=1S/C27H28N4O4S/c1-14(2)22-19-12-35-27(4,5)10-18(19)21-23-24(36-25(21)30-22)26(34)31(13-28-23)11-20(33)29-17-8-6-16(7-9-17)15(3)32/h6-9,13-14H,10-12H2,1-5H3,(H,29,33). The van der Waals surface area contributed by atoms with E-state index in [4.69, 9.17) is 9.72 Å². The van der Waals surface area contributed by atoms with Crippen molar-refractivity contribution in [2.24, 2.45) is 0 Å². The molecule has 1 amide bonds. The van der Waals surface area contributed by atoms with E-state index in [1.165, 1.54) is 29.2 Å². The fourth-order valence-electron chi connectivity index (χ4n) is 4.66. The summed E-state index contributed by atoms with van der Waals surface area (Å²) in [6, 6.07) is 6.63. The minimum atomic E-state index is -0.355. The van der Waals surface area contributed by atoms with E-state index in [0.717, 1.165) is 27.0 Å². The number of Topliss-reactive ketones (excluding diaryl/α,β-unsaturated/α-hetero) is 1. The molecule has 186 valence electrons. The Morgan fingerprint density at radius 1 is 1.19 bits per heavy atom. The van der Waals surface area contributed by atoms with Crippen molar-refractivity contribution in [3.05, 3.63) is 63.3 Å². The second kappa shape index (κ2) is 8.90. The lowest BCUT2D eigenvalue weighted by Crippen LogP contribution is -2.33. The number of thiophene rings is 1. The van der Waals surface area contributed by atoms with Crippen LogP contribution in [0.2, 0.25) is 0 Å². The topological polar surface area (TPSA) is 103 Å². The number of rotatable bonds is 5. The van der Waals surface area contributed by atoms with Crippen LogP contribution in [0.25, 0.3) is 20.4 Å². The highest BCUT2D eigenvalue weighted by atomic mass is 32.1. The molecule has 0 atom stereocenters. The quantitative estimate of drug-likeness (QED) is 0.391.